The smallest absolute Gasteiger partial charge is 0.316 e. The third-order valence-electron chi connectivity index (χ3n) is 3.60. The van der Waals surface area contributed by atoms with Crippen LogP contribution in [0, 0.1) is 0 Å². The van der Waals surface area contributed by atoms with Crippen molar-refractivity contribution in [1.82, 2.24) is 30.6 Å². The Bertz CT molecular complexity index is 970. The van der Waals surface area contributed by atoms with E-state index in [-0.39, 0.29) is 37.3 Å². The molecule has 0 fully saturated rings. The number of ether oxygens (including phenoxy) is 1. The maximum absolute atomic E-state index is 12.1. The minimum Gasteiger partial charge on any atom is -0.497 e. The molecule has 0 saturated heterocycles. The summed E-state index contributed by atoms with van der Waals surface area (Å²) >= 11 is 5.78. The molecular formula is C17H17ClN6O4. The van der Waals surface area contributed by atoms with Crippen LogP contribution in [0.2, 0.25) is 5.02 Å². The first-order valence-electron chi connectivity index (χ1n) is 8.26. The van der Waals surface area contributed by atoms with Crippen LogP contribution in [0.1, 0.15) is 26.9 Å². The molecule has 1 aromatic carbocycles. The van der Waals surface area contributed by atoms with Gasteiger partial charge in [-0.15, -0.1) is 0 Å². The van der Waals surface area contributed by atoms with Crippen LogP contribution in [-0.2, 0) is 6.54 Å². The summed E-state index contributed by atoms with van der Waals surface area (Å²) in [6, 6.07) is 6.76. The zero-order valence-electron chi connectivity index (χ0n) is 14.9. The number of carbonyl (C=O) groups is 2. The van der Waals surface area contributed by atoms with Crippen LogP contribution in [-0.4, -0.2) is 51.9 Å². The average molecular weight is 405 g/mol. The van der Waals surface area contributed by atoms with Gasteiger partial charge in [0.15, 0.2) is 5.82 Å². The molecule has 2 heterocycles. The Morgan fingerprint density at radius 1 is 1.25 bits per heavy atom. The number of hydrogen-bond acceptors (Lipinski definition) is 7. The third kappa shape index (κ3) is 5.07. The molecule has 0 aliphatic rings. The first kappa shape index (κ1) is 19.4. The zero-order chi connectivity index (χ0) is 19.9. The lowest BCUT2D eigenvalue weighted by atomic mass is 10.2. The Kier molecular flexibility index (Phi) is 6.22. The normalized spacial score (nSPS) is 10.5. The molecule has 28 heavy (non-hydrogen) atoms. The number of hydrogen-bond donors (Lipinski definition) is 2. The van der Waals surface area contributed by atoms with Crippen molar-refractivity contribution in [2.24, 2.45) is 0 Å². The Hall–Kier alpha value is -3.40. The van der Waals surface area contributed by atoms with Crippen LogP contribution in [0.25, 0.3) is 0 Å². The summed E-state index contributed by atoms with van der Waals surface area (Å²) in [5, 5.41) is 13.5. The van der Waals surface area contributed by atoms with E-state index in [0.29, 0.717) is 16.3 Å². The molecule has 2 N–H and O–H groups in total. The molecule has 0 radical (unpaired) electrons. The van der Waals surface area contributed by atoms with Gasteiger partial charge in [0.2, 0.25) is 0 Å². The van der Waals surface area contributed by atoms with E-state index in [1.807, 2.05) is 0 Å². The zero-order valence-corrected chi connectivity index (χ0v) is 15.6. The average Bonchev–Trinajstić information content (AvgIpc) is 3.34. The van der Waals surface area contributed by atoms with Crippen molar-refractivity contribution in [3.63, 3.8) is 0 Å². The number of rotatable bonds is 8. The van der Waals surface area contributed by atoms with Gasteiger partial charge in [-0.1, -0.05) is 22.8 Å². The van der Waals surface area contributed by atoms with E-state index in [9.17, 15) is 9.59 Å². The second-order valence-electron chi connectivity index (χ2n) is 5.62. The first-order valence-corrected chi connectivity index (χ1v) is 8.64. The van der Waals surface area contributed by atoms with Gasteiger partial charge in [0.1, 0.15) is 12.3 Å². The van der Waals surface area contributed by atoms with Crippen molar-refractivity contribution < 1.29 is 18.8 Å². The lowest BCUT2D eigenvalue weighted by Gasteiger charge is -2.07. The molecule has 10 nitrogen and oxygen atoms in total. The highest BCUT2D eigenvalue weighted by molar-refractivity contribution is 6.30. The van der Waals surface area contributed by atoms with E-state index in [4.69, 9.17) is 20.9 Å². The van der Waals surface area contributed by atoms with E-state index in [1.54, 1.807) is 30.5 Å². The summed E-state index contributed by atoms with van der Waals surface area (Å²) in [4.78, 5) is 28.1. The van der Waals surface area contributed by atoms with E-state index in [0.717, 1.165) is 0 Å². The summed E-state index contributed by atoms with van der Waals surface area (Å²) in [7, 11) is 1.53. The minimum absolute atomic E-state index is 0.174. The lowest BCUT2D eigenvalue weighted by Crippen LogP contribution is -2.34. The van der Waals surface area contributed by atoms with Gasteiger partial charge < -0.3 is 19.9 Å². The van der Waals surface area contributed by atoms with E-state index >= 15 is 0 Å². The summed E-state index contributed by atoms with van der Waals surface area (Å²) in [6.07, 6.45) is 3.08. The van der Waals surface area contributed by atoms with Crippen LogP contribution in [0.15, 0.2) is 41.2 Å². The molecule has 0 saturated carbocycles. The Balaban J connectivity index is 1.43. The van der Waals surface area contributed by atoms with Crippen molar-refractivity contribution in [3.05, 3.63) is 59.0 Å². The Morgan fingerprint density at radius 3 is 2.75 bits per heavy atom. The van der Waals surface area contributed by atoms with Crippen molar-refractivity contribution in [2.75, 3.05) is 20.2 Å². The summed E-state index contributed by atoms with van der Waals surface area (Å²) < 4.78 is 11.5. The summed E-state index contributed by atoms with van der Waals surface area (Å²) in [5.74, 6) is -0.104. The molecule has 0 bridgehead atoms. The number of nitrogens with zero attached hydrogens (tertiary/aromatic N) is 4. The molecule has 0 atom stereocenters. The van der Waals surface area contributed by atoms with Gasteiger partial charge >= 0.3 is 11.8 Å². The third-order valence-corrected chi connectivity index (χ3v) is 3.79. The number of methoxy groups -OCH3 is 1. The maximum atomic E-state index is 12.1. The Labute approximate surface area is 164 Å². The van der Waals surface area contributed by atoms with Gasteiger partial charge in [0.25, 0.3) is 5.91 Å². The number of aromatic nitrogens is 4. The van der Waals surface area contributed by atoms with Crippen LogP contribution >= 0.6 is 11.6 Å². The number of carbonyl (C=O) groups excluding carboxylic acids is 2. The molecule has 146 valence electrons. The highest BCUT2D eigenvalue weighted by Crippen LogP contribution is 2.12. The second kappa shape index (κ2) is 9.00. The van der Waals surface area contributed by atoms with E-state index < -0.39 is 5.91 Å². The second-order valence-corrected chi connectivity index (χ2v) is 6.05. The van der Waals surface area contributed by atoms with Gasteiger partial charge in [-0.25, -0.2) is 0 Å². The predicted octanol–water partition coefficient (Wildman–Crippen LogP) is 1.14. The van der Waals surface area contributed by atoms with Crippen molar-refractivity contribution in [1.29, 1.82) is 0 Å². The molecule has 0 aliphatic carbocycles. The SMILES string of the molecule is COc1cccc(C(=O)NCCNC(=O)c2nc(Cn3cc(Cl)cn3)no2)c1. The molecule has 2 aromatic heterocycles. The summed E-state index contributed by atoms with van der Waals surface area (Å²) in [6.45, 7) is 0.648. The molecule has 3 rings (SSSR count). The predicted molar refractivity (Wildman–Crippen MR) is 98.3 cm³/mol. The molecule has 2 amide bonds. The molecular weight excluding hydrogens is 388 g/mol. The largest absolute Gasteiger partial charge is 0.497 e. The molecule has 0 unspecified atom stereocenters. The van der Waals surface area contributed by atoms with Crippen LogP contribution in [0.4, 0.5) is 0 Å². The van der Waals surface area contributed by atoms with Gasteiger partial charge in [0, 0.05) is 24.8 Å². The number of nitrogens with one attached hydrogen (secondary N) is 2. The lowest BCUT2D eigenvalue weighted by molar-refractivity contribution is 0.0898. The van der Waals surface area contributed by atoms with Crippen LogP contribution < -0.4 is 15.4 Å². The maximum Gasteiger partial charge on any atom is 0.316 e. The molecule has 11 heteroatoms. The monoisotopic (exact) mass is 404 g/mol. The standard InChI is InChI=1S/C17H17ClN6O4/c1-27-13-4-2-3-11(7-13)15(25)19-5-6-20-16(26)17-22-14(23-28-17)10-24-9-12(18)8-21-24/h2-4,7-9H,5-6,10H2,1H3,(H,19,25)(H,20,26). The highest BCUT2D eigenvalue weighted by atomic mass is 35.5. The number of benzene rings is 1. The number of halogens is 1. The topological polar surface area (TPSA) is 124 Å². The fourth-order valence-electron chi connectivity index (χ4n) is 2.27. The van der Waals surface area contributed by atoms with Gasteiger partial charge in [-0.05, 0) is 18.2 Å². The van der Waals surface area contributed by atoms with Crippen LogP contribution in [0.3, 0.4) is 0 Å². The highest BCUT2D eigenvalue weighted by Gasteiger charge is 2.15. The van der Waals surface area contributed by atoms with Crippen LogP contribution in [0.5, 0.6) is 5.75 Å². The fourth-order valence-corrected chi connectivity index (χ4v) is 2.43. The van der Waals surface area contributed by atoms with E-state index in [2.05, 4.69) is 25.9 Å². The molecule has 0 aliphatic heterocycles. The fraction of sp³-hybridized carbons (Fsp3) is 0.235. The van der Waals surface area contributed by atoms with Gasteiger partial charge in [-0.3, -0.25) is 14.3 Å². The van der Waals surface area contributed by atoms with Crippen molar-refractivity contribution in [3.8, 4) is 5.75 Å². The van der Waals surface area contributed by atoms with Gasteiger partial charge in [-0.2, -0.15) is 10.1 Å². The number of amides is 2. The first-order chi connectivity index (χ1) is 13.5. The summed E-state index contributed by atoms with van der Waals surface area (Å²) in [5.41, 5.74) is 0.464. The molecule has 3 aromatic rings. The van der Waals surface area contributed by atoms with E-state index in [1.165, 1.54) is 18.0 Å². The van der Waals surface area contributed by atoms with Crippen molar-refractivity contribution >= 4 is 23.4 Å². The van der Waals surface area contributed by atoms with Gasteiger partial charge in [0.05, 0.1) is 18.3 Å². The quantitative estimate of drug-likeness (QED) is 0.539. The van der Waals surface area contributed by atoms with Crippen molar-refractivity contribution in [2.45, 2.75) is 6.54 Å². The molecule has 0 spiro atoms. The Morgan fingerprint density at radius 2 is 2.04 bits per heavy atom. The minimum atomic E-state index is -0.534.